The summed E-state index contributed by atoms with van der Waals surface area (Å²) in [6, 6.07) is 3.64. The summed E-state index contributed by atoms with van der Waals surface area (Å²) in [7, 11) is 1.79. The number of likely N-dealkylation sites (N-methyl/N-ethyl adjacent to an activating group) is 1. The second-order valence-corrected chi connectivity index (χ2v) is 4.75. The van der Waals surface area contributed by atoms with E-state index in [0.29, 0.717) is 13.0 Å². The molecule has 0 saturated heterocycles. The van der Waals surface area contributed by atoms with Crippen LogP contribution in [-0.2, 0) is 11.2 Å². The summed E-state index contributed by atoms with van der Waals surface area (Å²) in [5, 5.41) is 2.04. The maximum Gasteiger partial charge on any atom is 0.239 e. The molecule has 1 unspecified atom stereocenters. The number of hydrogen-bond acceptors (Lipinski definition) is 3. The summed E-state index contributed by atoms with van der Waals surface area (Å²) < 4.78 is 0. The number of nitrogens with two attached hydrogens (primary N) is 1. The summed E-state index contributed by atoms with van der Waals surface area (Å²) in [6.45, 7) is 4.29. The number of amides is 1. The van der Waals surface area contributed by atoms with Crippen molar-refractivity contribution in [2.24, 2.45) is 5.73 Å². The highest BCUT2D eigenvalue weighted by Crippen LogP contribution is 2.09. The summed E-state index contributed by atoms with van der Waals surface area (Å²) in [4.78, 5) is 14.7. The molecule has 0 spiro atoms. The fourth-order valence-electron chi connectivity index (χ4n) is 1.41. The number of nitrogens with zero attached hydrogens (tertiary/aromatic N) is 1. The Morgan fingerprint density at radius 3 is 3.06 bits per heavy atom. The predicted octanol–water partition coefficient (Wildman–Crippen LogP) is 1.65. The van der Waals surface area contributed by atoms with Gasteiger partial charge in [-0.05, 0) is 24.3 Å². The van der Waals surface area contributed by atoms with Crippen molar-refractivity contribution in [3.05, 3.63) is 35.0 Å². The molecule has 0 aliphatic carbocycles. The zero-order valence-electron chi connectivity index (χ0n) is 9.56. The zero-order chi connectivity index (χ0) is 12.0. The first-order valence-corrected chi connectivity index (χ1v) is 6.17. The molecule has 0 bridgehead atoms. The quantitative estimate of drug-likeness (QED) is 0.766. The normalized spacial score (nSPS) is 12.1. The largest absolute Gasteiger partial charge is 0.344 e. The number of thiophene rings is 1. The van der Waals surface area contributed by atoms with E-state index in [-0.39, 0.29) is 5.91 Å². The van der Waals surface area contributed by atoms with Gasteiger partial charge in [-0.15, -0.1) is 17.9 Å². The summed E-state index contributed by atoms with van der Waals surface area (Å²) >= 11 is 1.71. The van der Waals surface area contributed by atoms with Crippen LogP contribution in [0.15, 0.2) is 30.2 Å². The Bertz CT molecular complexity index is 335. The van der Waals surface area contributed by atoms with Gasteiger partial charge >= 0.3 is 0 Å². The molecule has 2 N–H and O–H groups in total. The molecule has 0 aliphatic heterocycles. The first kappa shape index (κ1) is 12.9. The van der Waals surface area contributed by atoms with Gasteiger partial charge in [0.2, 0.25) is 5.91 Å². The molecule has 3 nitrogen and oxygen atoms in total. The Hall–Kier alpha value is -1.13. The molecule has 0 fully saturated rings. The van der Waals surface area contributed by atoms with Crippen molar-refractivity contribution in [1.29, 1.82) is 0 Å². The monoisotopic (exact) mass is 238 g/mol. The third-order valence-electron chi connectivity index (χ3n) is 2.39. The molecule has 4 heteroatoms. The highest BCUT2D eigenvalue weighted by atomic mass is 32.1. The van der Waals surface area contributed by atoms with Crippen LogP contribution in [0.2, 0.25) is 0 Å². The molecule has 0 radical (unpaired) electrons. The average molecular weight is 238 g/mol. The lowest BCUT2D eigenvalue weighted by molar-refractivity contribution is -0.131. The van der Waals surface area contributed by atoms with Crippen LogP contribution in [-0.4, -0.2) is 30.4 Å². The van der Waals surface area contributed by atoms with Gasteiger partial charge in [0.05, 0.1) is 6.04 Å². The van der Waals surface area contributed by atoms with Crippen molar-refractivity contribution in [2.75, 3.05) is 13.6 Å². The molecule has 1 heterocycles. The van der Waals surface area contributed by atoms with Gasteiger partial charge in [-0.1, -0.05) is 12.1 Å². The van der Waals surface area contributed by atoms with Crippen molar-refractivity contribution < 1.29 is 4.79 Å². The third kappa shape index (κ3) is 3.79. The molecule has 0 saturated carbocycles. The van der Waals surface area contributed by atoms with Crippen LogP contribution in [0.25, 0.3) is 0 Å². The van der Waals surface area contributed by atoms with E-state index in [2.05, 4.69) is 12.6 Å². The van der Waals surface area contributed by atoms with Crippen LogP contribution in [0.5, 0.6) is 0 Å². The number of hydrogen-bond donors (Lipinski definition) is 1. The average Bonchev–Trinajstić information content (AvgIpc) is 2.78. The van der Waals surface area contributed by atoms with Crippen molar-refractivity contribution in [2.45, 2.75) is 18.9 Å². The van der Waals surface area contributed by atoms with Crippen molar-refractivity contribution >= 4 is 17.2 Å². The van der Waals surface area contributed by atoms with Crippen LogP contribution < -0.4 is 5.73 Å². The molecule has 1 aromatic heterocycles. The standard InChI is InChI=1S/C12H18N2OS/c1-3-5-11(13)12(15)14(2)8-7-10-6-4-9-16-10/h3-4,6,9,11H,1,5,7-8,13H2,2H3. The first-order valence-electron chi connectivity index (χ1n) is 5.29. The molecule has 16 heavy (non-hydrogen) atoms. The maximum absolute atomic E-state index is 11.7. The fourth-order valence-corrected chi connectivity index (χ4v) is 2.10. The molecular weight excluding hydrogens is 220 g/mol. The predicted molar refractivity (Wildman–Crippen MR) is 68.4 cm³/mol. The van der Waals surface area contributed by atoms with Gasteiger partial charge in [0.1, 0.15) is 0 Å². The highest BCUT2D eigenvalue weighted by Gasteiger charge is 2.16. The zero-order valence-corrected chi connectivity index (χ0v) is 10.4. The molecule has 1 aromatic rings. The Morgan fingerprint density at radius 1 is 1.75 bits per heavy atom. The molecule has 0 aliphatic rings. The summed E-state index contributed by atoms with van der Waals surface area (Å²) in [5.41, 5.74) is 5.72. The third-order valence-corrected chi connectivity index (χ3v) is 3.32. The van der Waals surface area contributed by atoms with E-state index in [4.69, 9.17) is 5.73 Å². The van der Waals surface area contributed by atoms with Gasteiger partial charge in [0.25, 0.3) is 0 Å². The molecule has 1 rings (SSSR count). The maximum atomic E-state index is 11.7. The minimum atomic E-state index is -0.453. The molecule has 0 aromatic carbocycles. The molecular formula is C12H18N2OS. The Labute approximate surface area is 101 Å². The van der Waals surface area contributed by atoms with Crippen LogP contribution in [0.1, 0.15) is 11.3 Å². The van der Waals surface area contributed by atoms with Gasteiger partial charge in [-0.2, -0.15) is 0 Å². The first-order chi connectivity index (χ1) is 7.65. The van der Waals surface area contributed by atoms with Crippen molar-refractivity contribution in [3.63, 3.8) is 0 Å². The fraction of sp³-hybridized carbons (Fsp3) is 0.417. The van der Waals surface area contributed by atoms with Crippen LogP contribution >= 0.6 is 11.3 Å². The van der Waals surface area contributed by atoms with Crippen molar-refractivity contribution in [1.82, 2.24) is 4.90 Å². The number of carbonyl (C=O) groups is 1. The van der Waals surface area contributed by atoms with E-state index >= 15 is 0 Å². The van der Waals surface area contributed by atoms with Gasteiger partial charge in [0.15, 0.2) is 0 Å². The molecule has 1 atom stereocenters. The second-order valence-electron chi connectivity index (χ2n) is 3.72. The second kappa shape index (κ2) is 6.45. The van der Waals surface area contributed by atoms with Gasteiger partial charge in [-0.25, -0.2) is 0 Å². The van der Waals surface area contributed by atoms with Gasteiger partial charge in [0, 0.05) is 18.5 Å². The van der Waals surface area contributed by atoms with Gasteiger partial charge in [-0.3, -0.25) is 4.79 Å². The Morgan fingerprint density at radius 2 is 2.50 bits per heavy atom. The SMILES string of the molecule is C=CCC(N)C(=O)N(C)CCc1cccs1. The highest BCUT2D eigenvalue weighted by molar-refractivity contribution is 7.09. The molecule has 88 valence electrons. The smallest absolute Gasteiger partial charge is 0.239 e. The van der Waals surface area contributed by atoms with E-state index in [0.717, 1.165) is 6.42 Å². The lowest BCUT2D eigenvalue weighted by atomic mass is 10.2. The number of rotatable bonds is 6. The Balaban J connectivity index is 2.36. The minimum absolute atomic E-state index is 0.0172. The van der Waals surface area contributed by atoms with Crippen LogP contribution in [0, 0.1) is 0 Å². The van der Waals surface area contributed by atoms with Crippen LogP contribution in [0.4, 0.5) is 0 Å². The molecule has 1 amide bonds. The summed E-state index contributed by atoms with van der Waals surface area (Å²) in [6.07, 6.45) is 3.10. The van der Waals surface area contributed by atoms with E-state index in [1.54, 1.807) is 29.4 Å². The van der Waals surface area contributed by atoms with Crippen molar-refractivity contribution in [3.8, 4) is 0 Å². The van der Waals surface area contributed by atoms with E-state index in [9.17, 15) is 4.79 Å². The summed E-state index contributed by atoms with van der Waals surface area (Å²) in [5.74, 6) is -0.0172. The van der Waals surface area contributed by atoms with Crippen LogP contribution in [0.3, 0.4) is 0 Å². The minimum Gasteiger partial charge on any atom is -0.344 e. The van der Waals surface area contributed by atoms with E-state index in [1.165, 1.54) is 4.88 Å². The Kier molecular flexibility index (Phi) is 5.22. The van der Waals surface area contributed by atoms with E-state index < -0.39 is 6.04 Å². The van der Waals surface area contributed by atoms with E-state index in [1.807, 2.05) is 11.4 Å². The topological polar surface area (TPSA) is 46.3 Å². The van der Waals surface area contributed by atoms with Gasteiger partial charge < -0.3 is 10.6 Å². The lowest BCUT2D eigenvalue weighted by Crippen LogP contribution is -2.42. The number of carbonyl (C=O) groups excluding carboxylic acids is 1. The lowest BCUT2D eigenvalue weighted by Gasteiger charge is -2.20.